The van der Waals surface area contributed by atoms with Crippen LogP contribution in [0.4, 0.5) is 0 Å². The Hall–Kier alpha value is -2.04. The van der Waals surface area contributed by atoms with E-state index >= 15 is 0 Å². The summed E-state index contributed by atoms with van der Waals surface area (Å²) in [5, 5.41) is 4.04. The van der Waals surface area contributed by atoms with Gasteiger partial charge >= 0.3 is 0 Å². The lowest BCUT2D eigenvalue weighted by molar-refractivity contribution is 0.102. The van der Waals surface area contributed by atoms with Gasteiger partial charge in [0.1, 0.15) is 0 Å². The minimum Gasteiger partial charge on any atom is -0.285 e. The first-order chi connectivity index (χ1) is 7.70. The van der Waals surface area contributed by atoms with Crippen LogP contribution in [0.5, 0.6) is 0 Å². The van der Waals surface area contributed by atoms with Crippen LogP contribution in [0.3, 0.4) is 0 Å². The highest BCUT2D eigenvalue weighted by Gasteiger charge is 2.13. The van der Waals surface area contributed by atoms with Crippen molar-refractivity contribution in [2.75, 3.05) is 0 Å². The smallest absolute Gasteiger partial charge is 0.233 e. The van der Waals surface area contributed by atoms with Crippen LogP contribution in [0, 0.1) is 6.92 Å². The molecule has 0 saturated carbocycles. The maximum Gasteiger partial charge on any atom is 0.233 e. The van der Waals surface area contributed by atoms with Crippen molar-refractivity contribution in [3.8, 4) is 0 Å². The number of carbonyl (C=O) groups is 1. The second kappa shape index (κ2) is 4.22. The van der Waals surface area contributed by atoms with Crippen LogP contribution in [0.25, 0.3) is 0 Å². The molecule has 5 nitrogen and oxygen atoms in total. The molecule has 0 N–H and O–H groups in total. The van der Waals surface area contributed by atoms with E-state index in [1.165, 1.54) is 6.20 Å². The Morgan fingerprint density at radius 3 is 2.56 bits per heavy atom. The number of rotatable bonds is 3. The average Bonchev–Trinajstić information content (AvgIpc) is 2.77. The van der Waals surface area contributed by atoms with E-state index in [9.17, 15) is 4.79 Å². The van der Waals surface area contributed by atoms with Crippen molar-refractivity contribution in [2.45, 2.75) is 20.4 Å². The summed E-state index contributed by atoms with van der Waals surface area (Å²) in [6, 6.07) is 0. The molecule has 0 aromatic carbocycles. The molecule has 0 unspecified atom stereocenters. The van der Waals surface area contributed by atoms with E-state index in [0.29, 0.717) is 5.56 Å². The zero-order chi connectivity index (χ0) is 11.5. The Balaban J connectivity index is 2.28. The van der Waals surface area contributed by atoms with Crippen LogP contribution in [0.2, 0.25) is 0 Å². The highest BCUT2D eigenvalue weighted by Crippen LogP contribution is 2.05. The summed E-state index contributed by atoms with van der Waals surface area (Å²) >= 11 is 0. The number of carbonyl (C=O) groups excluding carboxylic acids is 1. The molecule has 0 amide bonds. The predicted molar refractivity (Wildman–Crippen MR) is 58.1 cm³/mol. The summed E-state index contributed by atoms with van der Waals surface area (Å²) in [4.78, 5) is 19.9. The van der Waals surface area contributed by atoms with E-state index in [1.54, 1.807) is 23.3 Å². The summed E-state index contributed by atoms with van der Waals surface area (Å²) in [6.45, 7) is 4.58. The average molecular weight is 216 g/mol. The summed E-state index contributed by atoms with van der Waals surface area (Å²) in [5.74, 6) is 0.0148. The number of ketones is 1. The minimum absolute atomic E-state index is 0.195. The highest BCUT2D eigenvalue weighted by atomic mass is 16.1. The fraction of sp³-hybridized carbons (Fsp3) is 0.273. The van der Waals surface area contributed by atoms with Gasteiger partial charge < -0.3 is 0 Å². The molecule has 0 atom stereocenters. The minimum atomic E-state index is -0.195. The van der Waals surface area contributed by atoms with Crippen molar-refractivity contribution in [2.24, 2.45) is 0 Å². The van der Waals surface area contributed by atoms with E-state index < -0.39 is 0 Å². The zero-order valence-corrected chi connectivity index (χ0v) is 9.21. The Labute approximate surface area is 93.2 Å². The van der Waals surface area contributed by atoms with Gasteiger partial charge in [0.15, 0.2) is 0 Å². The first-order valence-electron chi connectivity index (χ1n) is 5.06. The first-order valence-corrected chi connectivity index (χ1v) is 5.06. The lowest BCUT2D eigenvalue weighted by Gasteiger charge is -1.96. The van der Waals surface area contributed by atoms with Gasteiger partial charge in [-0.05, 0) is 19.4 Å². The fourth-order valence-corrected chi connectivity index (χ4v) is 1.29. The highest BCUT2D eigenvalue weighted by molar-refractivity contribution is 6.06. The van der Waals surface area contributed by atoms with Gasteiger partial charge in [0.2, 0.25) is 11.6 Å². The largest absolute Gasteiger partial charge is 0.285 e. The van der Waals surface area contributed by atoms with Crippen LogP contribution in [0.15, 0.2) is 24.8 Å². The van der Waals surface area contributed by atoms with Crippen LogP contribution in [-0.4, -0.2) is 25.5 Å². The Bertz CT molecular complexity index is 501. The summed E-state index contributed by atoms with van der Waals surface area (Å²) in [6.07, 6.45) is 6.50. The van der Waals surface area contributed by atoms with E-state index in [-0.39, 0.29) is 11.6 Å². The van der Waals surface area contributed by atoms with Crippen LogP contribution in [-0.2, 0) is 6.54 Å². The van der Waals surface area contributed by atoms with Crippen molar-refractivity contribution in [3.05, 3.63) is 41.7 Å². The van der Waals surface area contributed by atoms with Gasteiger partial charge in [0, 0.05) is 25.1 Å². The molecule has 0 aliphatic rings. The van der Waals surface area contributed by atoms with Gasteiger partial charge in [-0.25, -0.2) is 9.97 Å². The molecule has 0 fully saturated rings. The third-order valence-electron chi connectivity index (χ3n) is 2.20. The van der Waals surface area contributed by atoms with Crippen LogP contribution < -0.4 is 0 Å². The Morgan fingerprint density at radius 2 is 2.00 bits per heavy atom. The standard InChI is InChI=1S/C11H12N4O/c1-3-15-7-9(6-14-15)10(16)11-12-4-8(2)5-13-11/h4-7H,3H2,1-2H3. The predicted octanol–water partition coefficient (Wildman–Crippen LogP) is 1.23. The quantitative estimate of drug-likeness (QED) is 0.724. The molecule has 0 aliphatic heterocycles. The maximum atomic E-state index is 11.9. The Morgan fingerprint density at radius 1 is 1.31 bits per heavy atom. The molecule has 5 heteroatoms. The van der Waals surface area contributed by atoms with Crippen molar-refractivity contribution in [1.82, 2.24) is 19.7 Å². The number of aromatic nitrogens is 4. The van der Waals surface area contributed by atoms with Gasteiger partial charge in [-0.2, -0.15) is 5.10 Å². The molecule has 82 valence electrons. The SMILES string of the molecule is CCn1cc(C(=O)c2ncc(C)cn2)cn1. The van der Waals surface area contributed by atoms with Gasteiger partial charge in [0.25, 0.3) is 0 Å². The second-order valence-electron chi connectivity index (χ2n) is 3.50. The van der Waals surface area contributed by atoms with Gasteiger partial charge in [0.05, 0.1) is 11.8 Å². The van der Waals surface area contributed by atoms with E-state index in [1.807, 2.05) is 13.8 Å². The normalized spacial score (nSPS) is 10.4. The van der Waals surface area contributed by atoms with Crippen molar-refractivity contribution >= 4 is 5.78 Å². The molecule has 16 heavy (non-hydrogen) atoms. The molecular weight excluding hydrogens is 204 g/mol. The molecule has 2 aromatic heterocycles. The Kier molecular flexibility index (Phi) is 2.76. The van der Waals surface area contributed by atoms with Crippen LogP contribution >= 0.6 is 0 Å². The van der Waals surface area contributed by atoms with Gasteiger partial charge in [-0.3, -0.25) is 9.48 Å². The maximum absolute atomic E-state index is 11.9. The van der Waals surface area contributed by atoms with E-state index in [2.05, 4.69) is 15.1 Å². The summed E-state index contributed by atoms with van der Waals surface area (Å²) < 4.78 is 1.70. The second-order valence-corrected chi connectivity index (χ2v) is 3.50. The molecule has 2 aromatic rings. The third kappa shape index (κ3) is 1.98. The van der Waals surface area contributed by atoms with Crippen molar-refractivity contribution < 1.29 is 4.79 Å². The van der Waals surface area contributed by atoms with Gasteiger partial charge in [-0.15, -0.1) is 0 Å². The van der Waals surface area contributed by atoms with Gasteiger partial charge in [-0.1, -0.05) is 0 Å². The van der Waals surface area contributed by atoms with E-state index in [0.717, 1.165) is 12.1 Å². The molecule has 0 aliphatic carbocycles. The summed E-state index contributed by atoms with van der Waals surface area (Å²) in [7, 11) is 0. The number of aryl methyl sites for hydroxylation is 2. The third-order valence-corrected chi connectivity index (χ3v) is 2.20. The first kappa shape index (κ1) is 10.5. The van der Waals surface area contributed by atoms with Crippen molar-refractivity contribution in [3.63, 3.8) is 0 Å². The van der Waals surface area contributed by atoms with E-state index in [4.69, 9.17) is 0 Å². The number of hydrogen-bond donors (Lipinski definition) is 0. The van der Waals surface area contributed by atoms with Crippen molar-refractivity contribution in [1.29, 1.82) is 0 Å². The topological polar surface area (TPSA) is 60.7 Å². The van der Waals surface area contributed by atoms with Crippen LogP contribution in [0.1, 0.15) is 28.7 Å². The lowest BCUT2D eigenvalue weighted by Crippen LogP contribution is -2.06. The lowest BCUT2D eigenvalue weighted by atomic mass is 10.2. The number of nitrogens with zero attached hydrogens (tertiary/aromatic N) is 4. The molecule has 0 saturated heterocycles. The molecule has 2 rings (SSSR count). The summed E-state index contributed by atoms with van der Waals surface area (Å²) in [5.41, 5.74) is 1.45. The molecule has 2 heterocycles. The molecular formula is C11H12N4O. The molecule has 0 bridgehead atoms. The molecule has 0 radical (unpaired) electrons. The fourth-order valence-electron chi connectivity index (χ4n) is 1.29. The number of hydrogen-bond acceptors (Lipinski definition) is 4. The molecule has 0 spiro atoms. The zero-order valence-electron chi connectivity index (χ0n) is 9.21. The monoisotopic (exact) mass is 216 g/mol.